The van der Waals surface area contributed by atoms with Crippen molar-refractivity contribution in [1.29, 1.82) is 0 Å². The number of methoxy groups -OCH3 is 2. The van der Waals surface area contributed by atoms with Crippen molar-refractivity contribution in [3.05, 3.63) is 82.4 Å². The number of hydrogen-bond acceptors (Lipinski definition) is 7. The van der Waals surface area contributed by atoms with Crippen LogP contribution in [0.5, 0.6) is 11.5 Å². The van der Waals surface area contributed by atoms with Crippen LogP contribution in [-0.2, 0) is 10.0 Å². The molecule has 0 bridgehead atoms. The summed E-state index contributed by atoms with van der Waals surface area (Å²) < 4.78 is 39.9. The van der Waals surface area contributed by atoms with E-state index in [-0.39, 0.29) is 33.3 Å². The maximum atomic E-state index is 13.0. The average Bonchev–Trinajstić information content (AvgIpc) is 3.10. The van der Waals surface area contributed by atoms with Gasteiger partial charge in [0.1, 0.15) is 0 Å². The fourth-order valence-electron chi connectivity index (χ4n) is 3.80. The van der Waals surface area contributed by atoms with Gasteiger partial charge in [0.15, 0.2) is 17.3 Å². The highest BCUT2D eigenvalue weighted by Crippen LogP contribution is 2.32. The molecule has 1 aromatic heterocycles. The third-order valence-electron chi connectivity index (χ3n) is 5.38. The van der Waals surface area contributed by atoms with E-state index in [1.54, 1.807) is 24.3 Å². The predicted molar refractivity (Wildman–Crippen MR) is 121 cm³/mol. The Bertz CT molecular complexity index is 1630. The fourth-order valence-corrected chi connectivity index (χ4v) is 4.87. The largest absolute Gasteiger partial charge is 0.493 e. The highest BCUT2D eigenvalue weighted by atomic mass is 32.2. The lowest BCUT2D eigenvalue weighted by Gasteiger charge is -2.12. The Morgan fingerprint density at radius 2 is 1.67 bits per heavy atom. The molecule has 1 aliphatic rings. The summed E-state index contributed by atoms with van der Waals surface area (Å²) in [5.74, 6) is 0.189. The second-order valence-corrected chi connectivity index (χ2v) is 8.96. The summed E-state index contributed by atoms with van der Waals surface area (Å²) >= 11 is 0. The number of hydrogen-bond donors (Lipinski definition) is 1. The van der Waals surface area contributed by atoms with Crippen LogP contribution in [0.25, 0.3) is 16.6 Å². The van der Waals surface area contributed by atoms with Crippen molar-refractivity contribution in [2.45, 2.75) is 4.90 Å². The Morgan fingerprint density at radius 3 is 2.42 bits per heavy atom. The first-order valence-electron chi connectivity index (χ1n) is 9.80. The summed E-state index contributed by atoms with van der Waals surface area (Å²) in [4.78, 5) is 30.3. The highest BCUT2D eigenvalue weighted by Gasteiger charge is 2.31. The monoisotopic (exact) mass is 463 g/mol. The first kappa shape index (κ1) is 20.7. The zero-order valence-corrected chi connectivity index (χ0v) is 18.3. The van der Waals surface area contributed by atoms with Gasteiger partial charge in [-0.3, -0.25) is 18.9 Å². The number of anilines is 1. The highest BCUT2D eigenvalue weighted by molar-refractivity contribution is 7.92. The maximum absolute atomic E-state index is 13.0. The summed E-state index contributed by atoms with van der Waals surface area (Å²) in [6, 6.07) is 15.4. The molecule has 9 nitrogen and oxygen atoms in total. The number of carbonyl (C=O) groups is 1. The number of carbonyl (C=O) groups excluding carboxylic acids is 1. The zero-order valence-electron chi connectivity index (χ0n) is 17.5. The molecule has 2 heterocycles. The van der Waals surface area contributed by atoms with Gasteiger partial charge >= 0.3 is 0 Å². The number of rotatable bonds is 5. The van der Waals surface area contributed by atoms with Crippen LogP contribution in [-0.4, -0.2) is 38.0 Å². The van der Waals surface area contributed by atoms with Gasteiger partial charge in [0.25, 0.3) is 15.6 Å². The lowest BCUT2D eigenvalue weighted by atomic mass is 10.1. The third-order valence-corrected chi connectivity index (χ3v) is 6.76. The molecule has 1 aliphatic heterocycles. The second-order valence-electron chi connectivity index (χ2n) is 7.28. The molecule has 0 unspecified atom stereocenters. The maximum Gasteiger partial charge on any atom is 0.266 e. The molecule has 10 heteroatoms. The topological polar surface area (TPSA) is 117 Å². The van der Waals surface area contributed by atoms with Crippen molar-refractivity contribution in [1.82, 2.24) is 9.55 Å². The average molecular weight is 463 g/mol. The molecule has 33 heavy (non-hydrogen) atoms. The van der Waals surface area contributed by atoms with Gasteiger partial charge in [0, 0.05) is 11.8 Å². The van der Waals surface area contributed by atoms with Crippen LogP contribution in [0.2, 0.25) is 0 Å². The van der Waals surface area contributed by atoms with Crippen LogP contribution in [0, 0.1) is 0 Å². The summed E-state index contributed by atoms with van der Waals surface area (Å²) in [6.07, 6.45) is 0. The normalized spacial score (nSPS) is 12.4. The molecule has 0 fully saturated rings. The predicted octanol–water partition coefficient (Wildman–Crippen LogP) is 2.75. The van der Waals surface area contributed by atoms with E-state index in [2.05, 4.69) is 9.71 Å². The van der Waals surface area contributed by atoms with E-state index in [0.29, 0.717) is 22.3 Å². The Morgan fingerprint density at radius 1 is 0.909 bits per heavy atom. The van der Waals surface area contributed by atoms with Crippen molar-refractivity contribution < 1.29 is 22.7 Å². The van der Waals surface area contributed by atoms with Gasteiger partial charge in [0.05, 0.1) is 41.3 Å². The minimum Gasteiger partial charge on any atom is -0.493 e. The van der Waals surface area contributed by atoms with E-state index >= 15 is 0 Å². The molecule has 0 saturated carbocycles. The summed E-state index contributed by atoms with van der Waals surface area (Å²) in [5.41, 5.74) is 0.766. The number of ketones is 1. The molecule has 0 amide bonds. The van der Waals surface area contributed by atoms with Gasteiger partial charge < -0.3 is 9.47 Å². The molecule has 0 saturated heterocycles. The molecule has 0 atom stereocenters. The molecular weight excluding hydrogens is 446 g/mol. The number of sulfonamides is 1. The van der Waals surface area contributed by atoms with E-state index in [9.17, 15) is 18.0 Å². The first-order chi connectivity index (χ1) is 15.8. The third kappa shape index (κ3) is 3.23. The number of nitrogens with one attached hydrogen (secondary N) is 1. The minimum absolute atomic E-state index is 0.00593. The van der Waals surface area contributed by atoms with E-state index in [0.717, 1.165) is 0 Å². The number of para-hydroxylation sites is 1. The van der Waals surface area contributed by atoms with Gasteiger partial charge in [-0.15, -0.1) is 0 Å². The van der Waals surface area contributed by atoms with Gasteiger partial charge in [-0.2, -0.15) is 0 Å². The molecule has 0 spiro atoms. The molecule has 0 aliphatic carbocycles. The lowest BCUT2D eigenvalue weighted by Crippen LogP contribution is -2.21. The van der Waals surface area contributed by atoms with Crippen LogP contribution in [0.1, 0.15) is 16.2 Å². The van der Waals surface area contributed by atoms with E-state index in [1.165, 1.54) is 55.2 Å². The van der Waals surface area contributed by atoms with Crippen LogP contribution >= 0.6 is 0 Å². The van der Waals surface area contributed by atoms with Crippen molar-refractivity contribution in [3.8, 4) is 17.2 Å². The number of ether oxygens (including phenoxy) is 2. The minimum atomic E-state index is -3.99. The summed E-state index contributed by atoms with van der Waals surface area (Å²) in [7, 11) is -1.13. The van der Waals surface area contributed by atoms with Gasteiger partial charge in [-0.25, -0.2) is 13.4 Å². The number of aromatic nitrogens is 2. The van der Waals surface area contributed by atoms with Crippen molar-refractivity contribution >= 4 is 32.4 Å². The van der Waals surface area contributed by atoms with E-state index < -0.39 is 15.8 Å². The van der Waals surface area contributed by atoms with Gasteiger partial charge in [0.2, 0.25) is 5.78 Å². The van der Waals surface area contributed by atoms with Crippen molar-refractivity contribution in [2.75, 3.05) is 18.9 Å². The standard InChI is InChI=1S/C23H17N3O6S/c1-31-19-10-8-14(12-20(19)32-2)33(29,30)25-13-7-9-18-16(11-13)21(27)22-24-17-6-4-3-5-15(17)23(28)26(18)22/h3-12,25H,1-2H3. The van der Waals surface area contributed by atoms with Crippen molar-refractivity contribution in [3.63, 3.8) is 0 Å². The Labute approximate surface area is 188 Å². The first-order valence-corrected chi connectivity index (χ1v) is 11.3. The van der Waals surface area contributed by atoms with Crippen LogP contribution in [0.3, 0.4) is 0 Å². The molecule has 1 N–H and O–H groups in total. The number of benzene rings is 3. The van der Waals surface area contributed by atoms with E-state index in [1.807, 2.05) is 0 Å². The zero-order chi connectivity index (χ0) is 23.3. The Balaban J connectivity index is 1.55. The van der Waals surface area contributed by atoms with Gasteiger partial charge in [-0.05, 0) is 42.5 Å². The second kappa shape index (κ2) is 7.45. The number of nitrogens with zero attached hydrogens (tertiary/aromatic N) is 2. The van der Waals surface area contributed by atoms with Crippen LogP contribution < -0.4 is 19.8 Å². The molecule has 5 rings (SSSR count). The molecule has 166 valence electrons. The van der Waals surface area contributed by atoms with Crippen LogP contribution in [0.15, 0.2) is 70.4 Å². The van der Waals surface area contributed by atoms with E-state index in [4.69, 9.17) is 9.47 Å². The summed E-state index contributed by atoms with van der Waals surface area (Å²) in [5, 5.41) is 0.389. The Kier molecular flexibility index (Phi) is 4.68. The van der Waals surface area contributed by atoms with Crippen LogP contribution in [0.4, 0.5) is 5.69 Å². The lowest BCUT2D eigenvalue weighted by molar-refractivity contribution is 0.103. The summed E-state index contributed by atoms with van der Waals surface area (Å²) in [6.45, 7) is 0. The SMILES string of the molecule is COc1ccc(S(=O)(=O)Nc2ccc3c(c2)C(=O)c2nc4ccccc4c(=O)n2-3)cc1OC. The number of fused-ring (bicyclic) bond motifs is 4. The smallest absolute Gasteiger partial charge is 0.266 e. The molecular formula is C23H17N3O6S. The van der Waals surface area contributed by atoms with Gasteiger partial charge in [-0.1, -0.05) is 12.1 Å². The quantitative estimate of drug-likeness (QED) is 0.426. The molecule has 4 aromatic rings. The molecule has 3 aromatic carbocycles. The Hall–Kier alpha value is -4.18. The fraction of sp³-hybridized carbons (Fsp3) is 0.0870. The molecule has 0 radical (unpaired) electrons. The van der Waals surface area contributed by atoms with Crippen molar-refractivity contribution in [2.24, 2.45) is 0 Å².